The second-order valence-electron chi connectivity index (χ2n) is 13.6. The van der Waals surface area contributed by atoms with Gasteiger partial charge in [-0.05, 0) is 103 Å². The molecule has 0 saturated carbocycles. The molecule has 0 aliphatic heterocycles. The molecule has 0 bridgehead atoms. The third-order valence-corrected chi connectivity index (χ3v) is 7.72. The van der Waals surface area contributed by atoms with Crippen LogP contribution in [0.3, 0.4) is 0 Å². The number of ether oxygens (including phenoxy) is 4. The number of anilines is 4. The number of allylic oxidation sites excluding steroid dienone is 3. The smallest absolute Gasteiger partial charge is 0.412 e. The number of carbonyl (C=O) groups is 4. The van der Waals surface area contributed by atoms with Crippen LogP contribution in [0.1, 0.15) is 55.3 Å². The van der Waals surface area contributed by atoms with Crippen LogP contribution in [-0.4, -0.2) is 100 Å². The van der Waals surface area contributed by atoms with Crippen LogP contribution in [0.2, 0.25) is 0 Å². The molecule has 1 amide bonds. The minimum atomic E-state index is -0.603. The molecule has 18 nitrogen and oxygen atoms in total. The van der Waals surface area contributed by atoms with E-state index in [-0.39, 0.29) is 13.2 Å². The van der Waals surface area contributed by atoms with Crippen molar-refractivity contribution < 1.29 is 38.1 Å². The summed E-state index contributed by atoms with van der Waals surface area (Å²) >= 11 is 0. The highest BCUT2D eigenvalue weighted by atomic mass is 16.6. The normalized spacial score (nSPS) is 11.2. The summed E-state index contributed by atoms with van der Waals surface area (Å²) < 4.78 is 24.5. The second kappa shape index (κ2) is 29.1. The molecule has 0 radical (unpaired) electrons. The lowest BCUT2D eigenvalue weighted by Gasteiger charge is -2.19. The van der Waals surface area contributed by atoms with E-state index in [0.717, 1.165) is 11.8 Å². The standard InChI is InChI=1S/C36H42N6O7.C7H12N2O.2CH5N/c1-36(2,3)49-35(45)40-26-11-10-12-27(21-26)47-15-8-9-16-48-30-19-24(22-43)17-28(37)32(30)39-13-6-7-14-42-33-29(41-34(42)38-4)18-25(23-44)20-31(33)46-5;1-3-9-7(5-10)4-6(2)8;2*1-2/h6-12,17-23,39H,13-16,37H2,1-5H3,(H,38,41)(H,40,45);4-5H,3,8H2,1-2H3;2*2H2,1H3/b7-6+,9-8+;6-4-,9-7?;;. The minimum Gasteiger partial charge on any atom is -0.494 e. The molecule has 63 heavy (non-hydrogen) atoms. The van der Waals surface area contributed by atoms with E-state index in [9.17, 15) is 19.2 Å². The average molecular weight is 873 g/mol. The zero-order valence-electron chi connectivity index (χ0n) is 37.7. The molecule has 0 unspecified atom stereocenters. The number of nitrogen functional groups attached to an aromatic ring is 1. The summed E-state index contributed by atoms with van der Waals surface area (Å²) in [5.41, 5.74) is 24.7. The van der Waals surface area contributed by atoms with Gasteiger partial charge in [0, 0.05) is 55.3 Å². The van der Waals surface area contributed by atoms with Crippen LogP contribution < -0.4 is 53.1 Å². The van der Waals surface area contributed by atoms with Gasteiger partial charge in [0.2, 0.25) is 5.95 Å². The Morgan fingerprint density at radius 1 is 0.905 bits per heavy atom. The molecule has 4 aromatic rings. The van der Waals surface area contributed by atoms with Gasteiger partial charge in [0.25, 0.3) is 0 Å². The average Bonchev–Trinajstić information content (AvgIpc) is 3.63. The number of fused-ring (bicyclic) bond motifs is 1. The van der Waals surface area contributed by atoms with Crippen molar-refractivity contribution in [2.45, 2.75) is 46.8 Å². The van der Waals surface area contributed by atoms with Crippen LogP contribution >= 0.6 is 0 Å². The van der Waals surface area contributed by atoms with Crippen molar-refractivity contribution in [1.82, 2.24) is 9.55 Å². The molecule has 18 heteroatoms. The first-order valence-electron chi connectivity index (χ1n) is 19.8. The maximum Gasteiger partial charge on any atom is 0.412 e. The van der Waals surface area contributed by atoms with Gasteiger partial charge in [0.15, 0.2) is 6.29 Å². The Balaban J connectivity index is 0.00000123. The lowest BCUT2D eigenvalue weighted by Crippen LogP contribution is -2.27. The van der Waals surface area contributed by atoms with Gasteiger partial charge < -0.3 is 57.1 Å². The molecule has 11 N–H and O–H groups in total. The van der Waals surface area contributed by atoms with Gasteiger partial charge >= 0.3 is 6.09 Å². The molecule has 0 aliphatic rings. The van der Waals surface area contributed by atoms with Gasteiger partial charge in [0.05, 0.1) is 24.0 Å². The Labute approximate surface area is 369 Å². The molecular weight excluding hydrogens is 809 g/mol. The lowest BCUT2D eigenvalue weighted by molar-refractivity contribution is -0.102. The van der Waals surface area contributed by atoms with Crippen LogP contribution in [0.25, 0.3) is 11.0 Å². The monoisotopic (exact) mass is 872 g/mol. The number of benzene rings is 3. The van der Waals surface area contributed by atoms with E-state index >= 15 is 0 Å². The number of aldehydes is 3. The summed E-state index contributed by atoms with van der Waals surface area (Å²) in [6.07, 6.45) is 10.7. The van der Waals surface area contributed by atoms with Crippen molar-refractivity contribution in [3.63, 3.8) is 0 Å². The van der Waals surface area contributed by atoms with Crippen LogP contribution in [0.15, 0.2) is 89.6 Å². The summed E-state index contributed by atoms with van der Waals surface area (Å²) in [6.45, 7) is 10.9. The predicted octanol–water partition coefficient (Wildman–Crippen LogP) is 5.98. The van der Waals surface area contributed by atoms with Crippen LogP contribution in [-0.2, 0) is 16.1 Å². The zero-order valence-corrected chi connectivity index (χ0v) is 37.7. The van der Waals surface area contributed by atoms with Crippen LogP contribution in [0.4, 0.5) is 27.8 Å². The Morgan fingerprint density at radius 3 is 2.14 bits per heavy atom. The summed E-state index contributed by atoms with van der Waals surface area (Å²) in [7, 11) is 6.33. The number of nitrogens with one attached hydrogen (secondary N) is 3. The molecule has 0 spiro atoms. The first-order valence-corrected chi connectivity index (χ1v) is 19.8. The molecule has 0 atom stereocenters. The lowest BCUT2D eigenvalue weighted by atomic mass is 10.1. The number of aliphatic imine (C=N–C) groups is 1. The van der Waals surface area contributed by atoms with Crippen molar-refractivity contribution >= 4 is 64.7 Å². The quantitative estimate of drug-likeness (QED) is 0.0247. The number of nitrogens with zero attached hydrogens (tertiary/aromatic N) is 3. The maximum atomic E-state index is 12.1. The number of carbonyl (C=O) groups excluding carboxylic acids is 4. The third kappa shape index (κ3) is 19.0. The number of hydrogen-bond acceptors (Lipinski definition) is 16. The number of methoxy groups -OCH3 is 1. The summed E-state index contributed by atoms with van der Waals surface area (Å²) in [5, 5.41) is 9.05. The summed E-state index contributed by atoms with van der Waals surface area (Å²) in [5.74, 6) is 2.17. The molecule has 0 fully saturated rings. The largest absolute Gasteiger partial charge is 0.494 e. The zero-order chi connectivity index (χ0) is 47.4. The number of aromatic nitrogens is 2. The minimum absolute atomic E-state index is 0.198. The van der Waals surface area contributed by atoms with Crippen LogP contribution in [0, 0.1) is 0 Å². The third-order valence-electron chi connectivity index (χ3n) is 7.72. The summed E-state index contributed by atoms with van der Waals surface area (Å²) in [4.78, 5) is 53.6. The number of amides is 1. The first-order chi connectivity index (χ1) is 30.2. The van der Waals surface area contributed by atoms with Crippen molar-refractivity contribution in [1.29, 1.82) is 0 Å². The van der Waals surface area contributed by atoms with E-state index in [1.807, 2.05) is 23.6 Å². The molecule has 0 aliphatic carbocycles. The first kappa shape index (κ1) is 53.8. The van der Waals surface area contributed by atoms with E-state index in [1.165, 1.54) is 14.1 Å². The molecular formula is C45H64N10O8. The van der Waals surface area contributed by atoms with E-state index in [0.29, 0.717) is 101 Å². The number of nitrogens with two attached hydrogens (primary N) is 4. The van der Waals surface area contributed by atoms with Crippen molar-refractivity contribution in [2.75, 3.05) is 76.2 Å². The van der Waals surface area contributed by atoms with Gasteiger partial charge in [-0.15, -0.1) is 0 Å². The molecule has 1 aromatic heterocycles. The van der Waals surface area contributed by atoms with Gasteiger partial charge in [-0.1, -0.05) is 18.2 Å². The van der Waals surface area contributed by atoms with Crippen molar-refractivity contribution in [2.24, 2.45) is 22.2 Å². The highest BCUT2D eigenvalue weighted by molar-refractivity contribution is 6.33. The Hall–Kier alpha value is -7.18. The Bertz CT molecular complexity index is 2190. The fourth-order valence-corrected chi connectivity index (χ4v) is 5.33. The number of rotatable bonds is 19. The van der Waals surface area contributed by atoms with Crippen LogP contribution in [0.5, 0.6) is 17.2 Å². The molecule has 4 rings (SSSR count). The fourth-order valence-electron chi connectivity index (χ4n) is 5.33. The number of hydrogen-bond donors (Lipinski definition) is 7. The van der Waals surface area contributed by atoms with Crippen molar-refractivity contribution in [3.05, 3.63) is 95.7 Å². The Kier molecular flexibility index (Phi) is 24.9. The molecule has 1 heterocycles. The van der Waals surface area contributed by atoms with E-state index in [1.54, 1.807) is 109 Å². The van der Waals surface area contributed by atoms with Gasteiger partial charge in [0.1, 0.15) is 59.8 Å². The Morgan fingerprint density at radius 2 is 1.56 bits per heavy atom. The fraction of sp³-hybridized carbons (Fsp3) is 0.333. The highest BCUT2D eigenvalue weighted by Gasteiger charge is 2.17. The van der Waals surface area contributed by atoms with Gasteiger partial charge in [-0.2, -0.15) is 0 Å². The SMILES string of the molecule is CCN=C(C=O)/C=C(/C)N.CN.CN.CNc1nc2cc(C=O)cc(OC)c2n1C/C=C/CNc1c(N)cc(C=O)cc1OC/C=C/COc1cccc(NC(=O)OC(C)(C)C)c1. The van der Waals surface area contributed by atoms with Gasteiger partial charge in [-0.25, -0.2) is 9.78 Å². The van der Waals surface area contributed by atoms with E-state index in [4.69, 9.17) is 30.4 Å². The predicted molar refractivity (Wildman–Crippen MR) is 254 cm³/mol. The van der Waals surface area contributed by atoms with E-state index in [2.05, 4.69) is 37.4 Å². The van der Waals surface area contributed by atoms with Crippen molar-refractivity contribution in [3.8, 4) is 17.2 Å². The topological polar surface area (TPSA) is 276 Å². The molecule has 342 valence electrons. The molecule has 3 aromatic carbocycles. The summed E-state index contributed by atoms with van der Waals surface area (Å²) in [6, 6.07) is 13.6. The second-order valence-corrected chi connectivity index (χ2v) is 13.6. The highest BCUT2D eigenvalue weighted by Crippen LogP contribution is 2.33. The molecule has 0 saturated heterocycles. The maximum absolute atomic E-state index is 12.1. The van der Waals surface area contributed by atoms with Gasteiger partial charge in [-0.3, -0.25) is 24.7 Å². The number of imidazole rings is 1. The van der Waals surface area contributed by atoms with E-state index < -0.39 is 11.7 Å².